The van der Waals surface area contributed by atoms with Crippen LogP contribution < -0.4 is 10.5 Å². The summed E-state index contributed by atoms with van der Waals surface area (Å²) in [4.78, 5) is 3.78. The molecule has 0 unspecified atom stereocenters. The van der Waals surface area contributed by atoms with Crippen molar-refractivity contribution >= 4 is 5.69 Å². The Bertz CT molecular complexity index is 312. The Morgan fingerprint density at radius 3 is 2.85 bits per heavy atom. The van der Waals surface area contributed by atoms with E-state index < -0.39 is 5.82 Å². The summed E-state index contributed by atoms with van der Waals surface area (Å²) in [6, 6.07) is 1.22. The zero-order valence-electron chi connectivity index (χ0n) is 7.16. The van der Waals surface area contributed by atoms with Gasteiger partial charge in [0, 0.05) is 6.07 Å². The normalized spacial score (nSPS) is 16.7. The van der Waals surface area contributed by atoms with Crippen molar-refractivity contribution < 1.29 is 9.13 Å². The maximum Gasteiger partial charge on any atom is 0.250 e. The number of nitrogens with zero attached hydrogens (tertiary/aromatic N) is 1. The quantitative estimate of drug-likeness (QED) is 0.757. The molecule has 2 rings (SSSR count). The monoisotopic (exact) mass is 182 g/mol. The van der Waals surface area contributed by atoms with Crippen molar-refractivity contribution in [2.24, 2.45) is 0 Å². The van der Waals surface area contributed by atoms with Gasteiger partial charge in [0.15, 0.2) is 5.82 Å². The highest BCUT2D eigenvalue weighted by molar-refractivity contribution is 5.37. The number of nitrogen functional groups attached to an aromatic ring is 1. The highest BCUT2D eigenvalue weighted by Crippen LogP contribution is 2.25. The van der Waals surface area contributed by atoms with Gasteiger partial charge in [-0.05, 0) is 19.3 Å². The second kappa shape index (κ2) is 3.20. The lowest BCUT2D eigenvalue weighted by Gasteiger charge is -2.25. The molecule has 13 heavy (non-hydrogen) atoms. The molecule has 0 spiro atoms. The van der Waals surface area contributed by atoms with E-state index in [1.54, 1.807) is 0 Å². The third-order valence-corrected chi connectivity index (χ3v) is 2.16. The summed E-state index contributed by atoms with van der Waals surface area (Å²) in [7, 11) is 0. The molecule has 2 N–H and O–H groups in total. The van der Waals surface area contributed by atoms with E-state index in [2.05, 4.69) is 4.98 Å². The predicted molar refractivity (Wildman–Crippen MR) is 46.9 cm³/mol. The molecule has 0 aliphatic heterocycles. The molecule has 0 bridgehead atoms. The number of hydrogen-bond acceptors (Lipinski definition) is 3. The largest absolute Gasteiger partial charge is 0.472 e. The highest BCUT2D eigenvalue weighted by Gasteiger charge is 2.21. The lowest BCUT2D eigenvalue weighted by molar-refractivity contribution is 0.109. The molecule has 1 heterocycles. The van der Waals surface area contributed by atoms with Crippen molar-refractivity contribution in [1.82, 2.24) is 4.98 Å². The Labute approximate surface area is 75.7 Å². The Kier molecular flexibility index (Phi) is 2.04. The molecule has 1 saturated carbocycles. The van der Waals surface area contributed by atoms with Gasteiger partial charge in [-0.1, -0.05) is 0 Å². The highest BCUT2D eigenvalue weighted by atomic mass is 19.1. The van der Waals surface area contributed by atoms with Crippen LogP contribution in [0.1, 0.15) is 19.3 Å². The summed E-state index contributed by atoms with van der Waals surface area (Å²) in [5.74, 6) is -0.411. The van der Waals surface area contributed by atoms with E-state index in [1.807, 2.05) is 0 Å². The molecule has 1 aromatic heterocycles. The zero-order valence-corrected chi connectivity index (χ0v) is 7.16. The fourth-order valence-corrected chi connectivity index (χ4v) is 1.17. The first-order valence-corrected chi connectivity index (χ1v) is 4.33. The maximum atomic E-state index is 13.1. The van der Waals surface area contributed by atoms with Crippen molar-refractivity contribution in [3.05, 3.63) is 18.1 Å². The van der Waals surface area contributed by atoms with Crippen LogP contribution in [0.4, 0.5) is 10.1 Å². The third-order valence-electron chi connectivity index (χ3n) is 2.16. The van der Waals surface area contributed by atoms with Crippen molar-refractivity contribution in [2.45, 2.75) is 25.4 Å². The average Bonchev–Trinajstić information content (AvgIpc) is 1.99. The molecule has 0 atom stereocenters. The topological polar surface area (TPSA) is 48.1 Å². The maximum absolute atomic E-state index is 13.1. The van der Waals surface area contributed by atoms with Gasteiger partial charge >= 0.3 is 0 Å². The van der Waals surface area contributed by atoms with Crippen molar-refractivity contribution in [3.8, 4) is 5.88 Å². The molecule has 0 saturated heterocycles. The van der Waals surface area contributed by atoms with E-state index in [4.69, 9.17) is 10.5 Å². The van der Waals surface area contributed by atoms with Crippen molar-refractivity contribution in [1.29, 1.82) is 0 Å². The SMILES string of the molecule is Nc1cnc(OC2CCC2)c(F)c1. The van der Waals surface area contributed by atoms with Crippen molar-refractivity contribution in [2.75, 3.05) is 5.73 Å². The van der Waals surface area contributed by atoms with Gasteiger partial charge in [0.1, 0.15) is 6.10 Å². The molecular formula is C9H11FN2O. The Balaban J connectivity index is 2.10. The molecule has 1 aliphatic rings. The molecule has 0 radical (unpaired) electrons. The average molecular weight is 182 g/mol. The van der Waals surface area contributed by atoms with E-state index >= 15 is 0 Å². The molecule has 1 aliphatic carbocycles. The van der Waals surface area contributed by atoms with E-state index in [1.165, 1.54) is 12.3 Å². The van der Waals surface area contributed by atoms with Crippen LogP contribution in [0.5, 0.6) is 5.88 Å². The Morgan fingerprint density at radius 1 is 1.54 bits per heavy atom. The van der Waals surface area contributed by atoms with Gasteiger partial charge in [-0.2, -0.15) is 0 Å². The number of nitrogens with two attached hydrogens (primary N) is 1. The van der Waals surface area contributed by atoms with Crippen LogP contribution in [0.25, 0.3) is 0 Å². The minimum atomic E-state index is -0.480. The third kappa shape index (κ3) is 1.71. The fourth-order valence-electron chi connectivity index (χ4n) is 1.17. The minimum Gasteiger partial charge on any atom is -0.472 e. The van der Waals surface area contributed by atoms with Crippen LogP contribution in [-0.4, -0.2) is 11.1 Å². The number of hydrogen-bond donors (Lipinski definition) is 1. The summed E-state index contributed by atoms with van der Waals surface area (Å²) in [5, 5.41) is 0. The van der Waals surface area contributed by atoms with Gasteiger partial charge in [0.05, 0.1) is 11.9 Å². The van der Waals surface area contributed by atoms with Crippen molar-refractivity contribution in [3.63, 3.8) is 0 Å². The smallest absolute Gasteiger partial charge is 0.250 e. The van der Waals surface area contributed by atoms with Gasteiger partial charge < -0.3 is 10.5 Å². The van der Waals surface area contributed by atoms with Gasteiger partial charge in [-0.3, -0.25) is 0 Å². The summed E-state index contributed by atoms with van der Waals surface area (Å²) < 4.78 is 18.4. The number of halogens is 1. The van der Waals surface area contributed by atoms with Crippen LogP contribution >= 0.6 is 0 Å². The molecule has 0 amide bonds. The van der Waals surface area contributed by atoms with Gasteiger partial charge in [0.25, 0.3) is 5.88 Å². The van der Waals surface area contributed by atoms with E-state index in [0.29, 0.717) is 5.69 Å². The molecular weight excluding hydrogens is 171 g/mol. The standard InChI is InChI=1S/C9H11FN2O/c10-8-4-6(11)5-12-9(8)13-7-2-1-3-7/h4-5,7H,1-3,11H2. The van der Waals surface area contributed by atoms with Crippen LogP contribution in [0.15, 0.2) is 12.3 Å². The summed E-state index contributed by atoms with van der Waals surface area (Å²) in [5.41, 5.74) is 5.66. The number of pyridine rings is 1. The summed E-state index contributed by atoms with van der Waals surface area (Å²) in [6.07, 6.45) is 4.68. The van der Waals surface area contributed by atoms with E-state index in [9.17, 15) is 4.39 Å². The number of ether oxygens (including phenoxy) is 1. The van der Waals surface area contributed by atoms with Gasteiger partial charge in [0.2, 0.25) is 0 Å². The lowest BCUT2D eigenvalue weighted by Crippen LogP contribution is -2.25. The molecule has 1 fully saturated rings. The summed E-state index contributed by atoms with van der Waals surface area (Å²) in [6.45, 7) is 0. The Morgan fingerprint density at radius 2 is 2.31 bits per heavy atom. The molecule has 0 aromatic carbocycles. The molecule has 4 heteroatoms. The van der Waals surface area contributed by atoms with Crippen LogP contribution in [0, 0.1) is 5.82 Å². The number of aromatic nitrogens is 1. The second-order valence-corrected chi connectivity index (χ2v) is 3.23. The Hall–Kier alpha value is -1.32. The number of anilines is 1. The van der Waals surface area contributed by atoms with Gasteiger partial charge in [-0.25, -0.2) is 9.37 Å². The van der Waals surface area contributed by atoms with Crippen LogP contribution in [0.3, 0.4) is 0 Å². The second-order valence-electron chi connectivity index (χ2n) is 3.23. The van der Waals surface area contributed by atoms with E-state index in [0.717, 1.165) is 19.3 Å². The number of rotatable bonds is 2. The van der Waals surface area contributed by atoms with Crippen LogP contribution in [-0.2, 0) is 0 Å². The first kappa shape index (κ1) is 8.29. The summed E-state index contributed by atoms with van der Waals surface area (Å²) >= 11 is 0. The fraction of sp³-hybridized carbons (Fsp3) is 0.444. The zero-order chi connectivity index (χ0) is 9.26. The van der Waals surface area contributed by atoms with Crippen LogP contribution in [0.2, 0.25) is 0 Å². The lowest BCUT2D eigenvalue weighted by atomic mass is 9.96. The van der Waals surface area contributed by atoms with Gasteiger partial charge in [-0.15, -0.1) is 0 Å². The predicted octanol–water partition coefficient (Wildman–Crippen LogP) is 1.73. The molecule has 1 aromatic rings. The molecule has 70 valence electrons. The first-order chi connectivity index (χ1) is 6.25. The molecule has 3 nitrogen and oxygen atoms in total. The first-order valence-electron chi connectivity index (χ1n) is 4.33. The minimum absolute atomic E-state index is 0.0684. The van der Waals surface area contributed by atoms with E-state index in [-0.39, 0.29) is 12.0 Å².